The number of likely N-dealkylation sites (N-methyl/N-ethyl adjacent to an activating group) is 2. The van der Waals surface area contributed by atoms with Crippen LogP contribution in [0.5, 0.6) is 0 Å². The van der Waals surface area contributed by atoms with Crippen LogP contribution in [-0.4, -0.2) is 73.5 Å². The van der Waals surface area contributed by atoms with Gasteiger partial charge in [-0.25, -0.2) is 9.59 Å². The molecule has 0 saturated heterocycles. The lowest BCUT2D eigenvalue weighted by atomic mass is 10.2. The topological polar surface area (TPSA) is 98.3 Å². The minimum absolute atomic E-state index is 0.226. The summed E-state index contributed by atoms with van der Waals surface area (Å²) in [5, 5.41) is 0. The van der Waals surface area contributed by atoms with Crippen molar-refractivity contribution in [2.45, 2.75) is 13.3 Å². The van der Waals surface area contributed by atoms with Crippen molar-refractivity contribution in [3.63, 3.8) is 0 Å². The molecule has 0 aromatic carbocycles. The number of nitrogens with zero attached hydrogens (tertiary/aromatic N) is 3. The molecule has 0 unspecified atom stereocenters. The second-order valence-corrected chi connectivity index (χ2v) is 5.09. The van der Waals surface area contributed by atoms with Crippen LogP contribution in [0.15, 0.2) is 24.4 Å². The van der Waals surface area contributed by atoms with Crippen LogP contribution < -0.4 is 0 Å². The molecule has 9 heteroatoms. The average molecular weight is 353 g/mol. The lowest BCUT2D eigenvalue weighted by Crippen LogP contribution is -2.35. The number of aromatic nitrogens is 1. The van der Waals surface area contributed by atoms with Crippen LogP contribution in [0, 0.1) is 0 Å². The first kappa shape index (κ1) is 20.2. The monoisotopic (exact) mass is 353 g/mol. The second kappa shape index (κ2) is 10.8. The van der Waals surface area contributed by atoms with Crippen LogP contribution in [-0.2, 0) is 25.4 Å². The number of carbonyl (C=O) groups excluding carboxylic acids is 3. The first-order valence-corrected chi connectivity index (χ1v) is 7.75. The van der Waals surface area contributed by atoms with Gasteiger partial charge in [-0.15, -0.1) is 0 Å². The van der Waals surface area contributed by atoms with Gasteiger partial charge in [0.2, 0.25) is 6.79 Å². The first-order chi connectivity index (χ1) is 11.9. The molecule has 138 valence electrons. The number of carbonyl (C=O) groups is 3. The van der Waals surface area contributed by atoms with Gasteiger partial charge in [-0.2, -0.15) is 0 Å². The van der Waals surface area contributed by atoms with Gasteiger partial charge < -0.3 is 24.0 Å². The highest BCUT2D eigenvalue weighted by atomic mass is 16.7. The van der Waals surface area contributed by atoms with Crippen LogP contribution in [0.2, 0.25) is 0 Å². The third-order valence-electron chi connectivity index (χ3n) is 3.09. The summed E-state index contributed by atoms with van der Waals surface area (Å²) in [6.07, 6.45) is 0.836. The number of hydrogen-bond acceptors (Lipinski definition) is 7. The summed E-state index contributed by atoms with van der Waals surface area (Å²) in [6, 6.07) is 5.54. The SMILES string of the molecule is CCOC(=O)CN(C)C(=O)OCOC(=O)N(C)CCc1ccccn1. The van der Waals surface area contributed by atoms with Crippen LogP contribution in [0.1, 0.15) is 12.6 Å². The molecule has 0 aliphatic heterocycles. The molecule has 0 bridgehead atoms. The van der Waals surface area contributed by atoms with Crippen molar-refractivity contribution in [2.24, 2.45) is 0 Å². The molecule has 0 atom stereocenters. The Bertz CT molecular complexity index is 566. The molecule has 1 rings (SSSR count). The number of hydrogen-bond donors (Lipinski definition) is 0. The Morgan fingerprint density at radius 3 is 2.32 bits per heavy atom. The van der Waals surface area contributed by atoms with E-state index in [1.807, 2.05) is 18.2 Å². The molecule has 9 nitrogen and oxygen atoms in total. The fourth-order valence-corrected chi connectivity index (χ4v) is 1.74. The van der Waals surface area contributed by atoms with Gasteiger partial charge >= 0.3 is 18.2 Å². The van der Waals surface area contributed by atoms with E-state index < -0.39 is 24.9 Å². The Morgan fingerprint density at radius 1 is 1.04 bits per heavy atom. The number of pyridine rings is 1. The molecule has 0 aliphatic carbocycles. The largest absolute Gasteiger partial charge is 0.465 e. The fourth-order valence-electron chi connectivity index (χ4n) is 1.74. The van der Waals surface area contributed by atoms with E-state index in [1.54, 1.807) is 20.2 Å². The van der Waals surface area contributed by atoms with Crippen LogP contribution in [0.4, 0.5) is 9.59 Å². The number of rotatable bonds is 8. The maximum Gasteiger partial charge on any atom is 0.412 e. The Morgan fingerprint density at radius 2 is 1.72 bits per heavy atom. The minimum Gasteiger partial charge on any atom is -0.465 e. The van der Waals surface area contributed by atoms with Crippen molar-refractivity contribution in [1.82, 2.24) is 14.8 Å². The first-order valence-electron chi connectivity index (χ1n) is 7.75. The van der Waals surface area contributed by atoms with Gasteiger partial charge in [-0.1, -0.05) is 6.07 Å². The number of amides is 2. The highest BCUT2D eigenvalue weighted by molar-refractivity contribution is 5.77. The lowest BCUT2D eigenvalue weighted by molar-refractivity contribution is -0.143. The second-order valence-electron chi connectivity index (χ2n) is 5.09. The summed E-state index contributed by atoms with van der Waals surface area (Å²) in [5.74, 6) is -0.548. The van der Waals surface area contributed by atoms with E-state index in [0.29, 0.717) is 13.0 Å². The minimum atomic E-state index is -0.794. The van der Waals surface area contributed by atoms with Crippen molar-refractivity contribution < 1.29 is 28.6 Å². The summed E-state index contributed by atoms with van der Waals surface area (Å²) < 4.78 is 14.3. The molecule has 0 N–H and O–H groups in total. The molecule has 2 amide bonds. The van der Waals surface area contributed by atoms with Crippen LogP contribution in [0.25, 0.3) is 0 Å². The summed E-state index contributed by atoms with van der Waals surface area (Å²) in [4.78, 5) is 41.2. The maximum atomic E-state index is 11.8. The Balaban J connectivity index is 2.24. The molecule has 0 aliphatic rings. The van der Waals surface area contributed by atoms with Gasteiger partial charge in [0, 0.05) is 39.0 Å². The van der Waals surface area contributed by atoms with Crippen molar-refractivity contribution in [2.75, 3.05) is 40.6 Å². The van der Waals surface area contributed by atoms with Gasteiger partial charge in [-0.05, 0) is 19.1 Å². The van der Waals surface area contributed by atoms with E-state index in [1.165, 1.54) is 11.9 Å². The summed E-state index contributed by atoms with van der Waals surface area (Å²) >= 11 is 0. The Hall–Kier alpha value is -2.84. The summed E-state index contributed by atoms with van der Waals surface area (Å²) in [6.45, 7) is 1.51. The van der Waals surface area contributed by atoms with Gasteiger partial charge in [0.25, 0.3) is 0 Å². The molecular formula is C16H23N3O6. The third-order valence-corrected chi connectivity index (χ3v) is 3.09. The standard InChI is InChI=1S/C16H23N3O6/c1-4-23-14(20)11-19(3)16(22)25-12-24-15(21)18(2)10-8-13-7-5-6-9-17-13/h5-7,9H,4,8,10-12H2,1-3H3. The predicted octanol–water partition coefficient (Wildman–Crippen LogP) is 1.28. The molecule has 0 saturated carbocycles. The van der Waals surface area contributed by atoms with Crippen molar-refractivity contribution in [3.8, 4) is 0 Å². The van der Waals surface area contributed by atoms with E-state index in [0.717, 1.165) is 10.6 Å². The maximum absolute atomic E-state index is 11.8. The quantitative estimate of drug-likeness (QED) is 0.513. The highest BCUT2D eigenvalue weighted by Crippen LogP contribution is 1.99. The fraction of sp³-hybridized carbons (Fsp3) is 0.500. The van der Waals surface area contributed by atoms with E-state index >= 15 is 0 Å². The van der Waals surface area contributed by atoms with Crippen molar-refractivity contribution in [1.29, 1.82) is 0 Å². The Kier molecular flexibility index (Phi) is 8.77. The van der Waals surface area contributed by atoms with Crippen molar-refractivity contribution >= 4 is 18.2 Å². The molecule has 1 aromatic rings. The van der Waals surface area contributed by atoms with Gasteiger partial charge in [0.15, 0.2) is 0 Å². The molecule has 1 aromatic heterocycles. The molecule has 0 radical (unpaired) electrons. The molecule has 1 heterocycles. The average Bonchev–Trinajstić information content (AvgIpc) is 2.60. The van der Waals surface area contributed by atoms with Crippen molar-refractivity contribution in [3.05, 3.63) is 30.1 Å². The normalized spacial score (nSPS) is 9.88. The zero-order chi connectivity index (χ0) is 18.7. The van der Waals surface area contributed by atoms with E-state index in [-0.39, 0.29) is 13.2 Å². The van der Waals surface area contributed by atoms with Crippen LogP contribution in [0.3, 0.4) is 0 Å². The molecule has 0 spiro atoms. The Labute approximate surface area is 146 Å². The van der Waals surface area contributed by atoms with E-state index in [4.69, 9.17) is 14.2 Å². The lowest BCUT2D eigenvalue weighted by Gasteiger charge is -2.18. The summed E-state index contributed by atoms with van der Waals surface area (Å²) in [5.41, 5.74) is 0.856. The zero-order valence-electron chi connectivity index (χ0n) is 14.6. The number of esters is 1. The highest BCUT2D eigenvalue weighted by Gasteiger charge is 2.16. The third kappa shape index (κ3) is 8.00. The molecule has 25 heavy (non-hydrogen) atoms. The predicted molar refractivity (Wildman–Crippen MR) is 87.7 cm³/mol. The van der Waals surface area contributed by atoms with Gasteiger partial charge in [-0.3, -0.25) is 9.78 Å². The molecule has 0 fully saturated rings. The smallest absolute Gasteiger partial charge is 0.412 e. The molecular weight excluding hydrogens is 330 g/mol. The van der Waals surface area contributed by atoms with Gasteiger partial charge in [0.05, 0.1) is 6.61 Å². The zero-order valence-corrected chi connectivity index (χ0v) is 14.6. The van der Waals surface area contributed by atoms with Crippen LogP contribution >= 0.6 is 0 Å². The number of ether oxygens (including phenoxy) is 3. The van der Waals surface area contributed by atoms with E-state index in [2.05, 4.69) is 4.98 Å². The summed E-state index contributed by atoms with van der Waals surface area (Å²) in [7, 11) is 2.94. The van der Waals surface area contributed by atoms with Gasteiger partial charge in [0.1, 0.15) is 6.54 Å². The van der Waals surface area contributed by atoms with E-state index in [9.17, 15) is 14.4 Å².